The summed E-state index contributed by atoms with van der Waals surface area (Å²) >= 11 is 0. The first kappa shape index (κ1) is 13.1. The number of fused-ring (bicyclic) bond motifs is 2. The Labute approximate surface area is 124 Å². The SMILES string of the molecule is Cc1nn([B-](NN)n2nc(C)c3c2CCC3)c2c1CCC2. The van der Waals surface area contributed by atoms with Gasteiger partial charge in [0.25, 0.3) is 0 Å². The van der Waals surface area contributed by atoms with Gasteiger partial charge in [-0.1, -0.05) is 0 Å². The Balaban J connectivity index is 1.83. The van der Waals surface area contributed by atoms with Gasteiger partial charge in [-0.25, -0.2) is 10.2 Å². The predicted molar refractivity (Wildman–Crippen MR) is 81.9 cm³/mol. The molecule has 2 aliphatic carbocycles. The molecule has 0 amide bonds. The highest BCUT2D eigenvalue weighted by atomic mass is 15.4. The highest BCUT2D eigenvalue weighted by Crippen LogP contribution is 2.27. The second-order valence-electron chi connectivity index (χ2n) is 6.16. The zero-order valence-corrected chi connectivity index (χ0v) is 12.7. The maximum absolute atomic E-state index is 5.87. The van der Waals surface area contributed by atoms with Crippen molar-refractivity contribution in [1.82, 2.24) is 24.7 Å². The fourth-order valence-corrected chi connectivity index (χ4v) is 3.95. The minimum absolute atomic E-state index is 0.217. The number of hydrogen-bond acceptors (Lipinski definition) is 4. The summed E-state index contributed by atoms with van der Waals surface area (Å²) in [6.45, 7) is 4.18. The van der Waals surface area contributed by atoms with Crippen LogP contribution >= 0.6 is 0 Å². The second-order valence-corrected chi connectivity index (χ2v) is 6.16. The molecule has 0 atom stereocenters. The van der Waals surface area contributed by atoms with Crippen LogP contribution in [0.25, 0.3) is 0 Å². The van der Waals surface area contributed by atoms with Gasteiger partial charge in [0.2, 0.25) is 7.12 Å². The summed E-state index contributed by atoms with van der Waals surface area (Å²) < 4.78 is 4.09. The van der Waals surface area contributed by atoms with E-state index < -0.39 is 0 Å². The van der Waals surface area contributed by atoms with Crippen molar-refractivity contribution < 1.29 is 0 Å². The average Bonchev–Trinajstić information content (AvgIpc) is 3.18. The van der Waals surface area contributed by atoms with Gasteiger partial charge < -0.3 is 20.4 Å². The molecule has 0 aliphatic heterocycles. The molecule has 2 heterocycles. The smallest absolute Gasteiger partial charge is 0.219 e. The third-order valence-electron chi connectivity index (χ3n) is 4.93. The molecule has 0 unspecified atom stereocenters. The van der Waals surface area contributed by atoms with Crippen molar-refractivity contribution in [3.63, 3.8) is 0 Å². The van der Waals surface area contributed by atoms with Crippen LogP contribution in [0.2, 0.25) is 0 Å². The number of aromatic nitrogens is 4. The minimum Gasteiger partial charge on any atom is -0.429 e. The molecule has 0 saturated carbocycles. The van der Waals surface area contributed by atoms with Gasteiger partial charge in [-0.3, -0.25) is 0 Å². The van der Waals surface area contributed by atoms with E-state index in [0.717, 1.165) is 37.1 Å². The molecule has 2 aromatic rings. The molecular formula is C14H21BN6-. The highest BCUT2D eigenvalue weighted by Gasteiger charge is 2.24. The molecule has 2 aliphatic rings. The topological polar surface area (TPSA) is 73.7 Å². The van der Waals surface area contributed by atoms with Crippen molar-refractivity contribution in [1.29, 1.82) is 0 Å². The summed E-state index contributed by atoms with van der Waals surface area (Å²) in [5.41, 5.74) is 7.68. The van der Waals surface area contributed by atoms with Crippen LogP contribution in [0.5, 0.6) is 0 Å². The summed E-state index contributed by atoms with van der Waals surface area (Å²) in [7, 11) is -0.217. The predicted octanol–water partition coefficient (Wildman–Crippen LogP) is 0.518. The van der Waals surface area contributed by atoms with Crippen molar-refractivity contribution in [3.05, 3.63) is 33.9 Å². The quantitative estimate of drug-likeness (QED) is 0.489. The Kier molecular flexibility index (Phi) is 2.94. The number of aryl methyl sites for hydroxylation is 2. The van der Waals surface area contributed by atoms with E-state index in [9.17, 15) is 0 Å². The van der Waals surface area contributed by atoms with Gasteiger partial charge >= 0.3 is 0 Å². The van der Waals surface area contributed by atoms with E-state index in [-0.39, 0.29) is 7.12 Å². The number of hydrogen-bond donors (Lipinski definition) is 2. The van der Waals surface area contributed by atoms with Gasteiger partial charge in [-0.15, -0.1) is 0 Å². The van der Waals surface area contributed by atoms with E-state index in [1.807, 2.05) is 9.19 Å². The van der Waals surface area contributed by atoms with Crippen LogP contribution in [0.15, 0.2) is 0 Å². The van der Waals surface area contributed by atoms with E-state index in [0.29, 0.717) is 0 Å². The van der Waals surface area contributed by atoms with Gasteiger partial charge in [0.05, 0.1) is 11.4 Å². The van der Waals surface area contributed by atoms with Gasteiger partial charge in [-0.2, -0.15) is 0 Å². The van der Waals surface area contributed by atoms with Gasteiger partial charge in [-0.05, 0) is 74.9 Å². The lowest BCUT2D eigenvalue weighted by atomic mass is 9.94. The molecule has 2 aromatic heterocycles. The molecule has 0 bridgehead atoms. The molecule has 1 radical (unpaired) electrons. The molecule has 3 N–H and O–H groups in total. The Morgan fingerprint density at radius 3 is 1.81 bits per heavy atom. The molecule has 0 aromatic carbocycles. The normalized spacial score (nSPS) is 16.8. The van der Waals surface area contributed by atoms with Crippen molar-refractivity contribution >= 4 is 7.12 Å². The van der Waals surface area contributed by atoms with E-state index in [2.05, 4.69) is 19.2 Å². The van der Waals surface area contributed by atoms with Crippen molar-refractivity contribution in [3.8, 4) is 0 Å². The van der Waals surface area contributed by atoms with Gasteiger partial charge in [0.15, 0.2) is 0 Å². The zero-order chi connectivity index (χ0) is 14.6. The summed E-state index contributed by atoms with van der Waals surface area (Å²) in [5.74, 6) is 5.87. The molecule has 0 saturated heterocycles. The van der Waals surface area contributed by atoms with E-state index in [1.165, 1.54) is 35.4 Å². The number of nitrogens with one attached hydrogen (secondary N) is 1. The van der Waals surface area contributed by atoms with Gasteiger partial charge in [0, 0.05) is 0 Å². The molecule has 21 heavy (non-hydrogen) atoms. The molecular weight excluding hydrogens is 263 g/mol. The van der Waals surface area contributed by atoms with Gasteiger partial charge in [0.1, 0.15) is 0 Å². The van der Waals surface area contributed by atoms with E-state index >= 15 is 0 Å². The Morgan fingerprint density at radius 2 is 1.38 bits per heavy atom. The number of nitrogens with zero attached hydrogens (tertiary/aromatic N) is 4. The third kappa shape index (κ3) is 1.80. The fraction of sp³-hybridized carbons (Fsp3) is 0.571. The Morgan fingerprint density at radius 1 is 0.905 bits per heavy atom. The first-order valence-corrected chi connectivity index (χ1v) is 7.80. The van der Waals surface area contributed by atoms with Crippen molar-refractivity contribution in [2.45, 2.75) is 52.4 Å². The third-order valence-corrected chi connectivity index (χ3v) is 4.93. The Bertz CT molecular complexity index is 643. The first-order chi connectivity index (χ1) is 10.2. The molecule has 4 rings (SSSR count). The lowest BCUT2D eigenvalue weighted by Crippen LogP contribution is -2.53. The molecule has 111 valence electrons. The summed E-state index contributed by atoms with van der Waals surface area (Å²) in [6, 6.07) is 0. The first-order valence-electron chi connectivity index (χ1n) is 7.80. The zero-order valence-electron chi connectivity index (χ0n) is 12.7. The van der Waals surface area contributed by atoms with Crippen molar-refractivity contribution in [2.24, 2.45) is 5.84 Å². The fourth-order valence-electron chi connectivity index (χ4n) is 3.95. The van der Waals surface area contributed by atoms with Crippen LogP contribution < -0.4 is 11.2 Å². The summed E-state index contributed by atoms with van der Waals surface area (Å²) in [4.78, 5) is 0. The monoisotopic (exact) mass is 284 g/mol. The van der Waals surface area contributed by atoms with Crippen LogP contribution in [-0.2, 0) is 25.7 Å². The van der Waals surface area contributed by atoms with Crippen LogP contribution in [0.3, 0.4) is 0 Å². The molecule has 7 heteroatoms. The lowest BCUT2D eigenvalue weighted by molar-refractivity contribution is 0.722. The standard InChI is InChI=1S/C14H21BN6/c1-9-11-5-3-7-13(11)20(17-9)15(19-16)21-14-8-4-6-12(14)10(2)18-21/h19H,3-8,16H2,1-2H3/q-1. The van der Waals surface area contributed by atoms with Crippen LogP contribution in [0.4, 0.5) is 0 Å². The number of nitrogens with two attached hydrogens (primary N) is 1. The number of rotatable bonds is 3. The van der Waals surface area contributed by atoms with E-state index in [4.69, 9.17) is 16.0 Å². The van der Waals surface area contributed by atoms with Crippen LogP contribution in [0.1, 0.15) is 46.7 Å². The Hall–Kier alpha value is -1.60. The maximum Gasteiger partial charge on any atom is 0.219 e. The summed E-state index contributed by atoms with van der Waals surface area (Å²) in [6.07, 6.45) is 6.85. The maximum atomic E-state index is 5.87. The average molecular weight is 284 g/mol. The van der Waals surface area contributed by atoms with E-state index in [1.54, 1.807) is 0 Å². The van der Waals surface area contributed by atoms with Crippen molar-refractivity contribution in [2.75, 3.05) is 0 Å². The van der Waals surface area contributed by atoms with Crippen LogP contribution in [-0.4, -0.2) is 26.5 Å². The minimum atomic E-state index is -0.217. The van der Waals surface area contributed by atoms with Crippen LogP contribution in [0, 0.1) is 13.8 Å². The summed E-state index contributed by atoms with van der Waals surface area (Å²) in [5, 5.41) is 12.4. The number of hydrazine groups is 1. The lowest BCUT2D eigenvalue weighted by Gasteiger charge is -2.31. The molecule has 0 spiro atoms. The molecule has 6 nitrogen and oxygen atoms in total. The largest absolute Gasteiger partial charge is 0.429 e. The second kappa shape index (κ2) is 4.71. The highest BCUT2D eigenvalue weighted by molar-refractivity contribution is 6.52. The molecule has 0 fully saturated rings.